The smallest absolute Gasteiger partial charge is 0.258 e. The molecule has 0 radical (unpaired) electrons. The summed E-state index contributed by atoms with van der Waals surface area (Å²) in [4.78, 5) is 10.6. The zero-order valence-corrected chi connectivity index (χ0v) is 10.3. The van der Waals surface area contributed by atoms with E-state index in [1.165, 1.54) is 6.07 Å². The van der Waals surface area contributed by atoms with E-state index in [0.29, 0.717) is 6.42 Å². The SMILES string of the molecule is N#CC1(CCc2ccccc2[N+](=O)[O-])CCCC1. The van der Waals surface area contributed by atoms with Crippen LogP contribution >= 0.6 is 0 Å². The van der Waals surface area contributed by atoms with Crippen molar-refractivity contribution in [2.45, 2.75) is 38.5 Å². The van der Waals surface area contributed by atoms with Crippen LogP contribution < -0.4 is 0 Å². The van der Waals surface area contributed by atoms with Crippen LogP contribution in [-0.4, -0.2) is 4.92 Å². The summed E-state index contributed by atoms with van der Waals surface area (Å²) in [6.07, 6.45) is 5.42. The van der Waals surface area contributed by atoms with Gasteiger partial charge in [0.15, 0.2) is 0 Å². The van der Waals surface area contributed by atoms with Gasteiger partial charge < -0.3 is 0 Å². The molecule has 0 saturated heterocycles. The quantitative estimate of drug-likeness (QED) is 0.600. The van der Waals surface area contributed by atoms with Gasteiger partial charge in [-0.2, -0.15) is 5.26 Å². The minimum atomic E-state index is -0.344. The lowest BCUT2D eigenvalue weighted by Gasteiger charge is -2.19. The molecule has 1 fully saturated rings. The lowest BCUT2D eigenvalue weighted by atomic mass is 9.82. The Labute approximate surface area is 106 Å². The van der Waals surface area contributed by atoms with Crippen LogP contribution in [0.4, 0.5) is 5.69 Å². The van der Waals surface area contributed by atoms with Crippen LogP contribution in [0.25, 0.3) is 0 Å². The Kier molecular flexibility index (Phi) is 3.61. The number of nitriles is 1. The minimum absolute atomic E-state index is 0.170. The van der Waals surface area contributed by atoms with Crippen LogP contribution in [0.2, 0.25) is 0 Å². The number of nitrogens with zero attached hydrogens (tertiary/aromatic N) is 2. The number of hydrogen-bond acceptors (Lipinski definition) is 3. The molecule has 0 atom stereocenters. The molecule has 0 amide bonds. The van der Waals surface area contributed by atoms with Crippen molar-refractivity contribution < 1.29 is 4.92 Å². The average molecular weight is 244 g/mol. The van der Waals surface area contributed by atoms with Gasteiger partial charge in [-0.15, -0.1) is 0 Å². The second-order valence-corrected chi connectivity index (χ2v) is 4.99. The number of para-hydroxylation sites is 1. The van der Waals surface area contributed by atoms with E-state index in [0.717, 1.165) is 37.7 Å². The number of aryl methyl sites for hydroxylation is 1. The third kappa shape index (κ3) is 2.51. The first-order valence-electron chi connectivity index (χ1n) is 6.30. The van der Waals surface area contributed by atoms with Crippen LogP contribution in [-0.2, 0) is 6.42 Å². The maximum atomic E-state index is 10.9. The van der Waals surface area contributed by atoms with Gasteiger partial charge in [0.2, 0.25) is 0 Å². The molecule has 2 rings (SSSR count). The predicted molar refractivity (Wildman–Crippen MR) is 67.9 cm³/mol. The fourth-order valence-corrected chi connectivity index (χ4v) is 2.74. The molecule has 1 aliphatic rings. The summed E-state index contributed by atoms with van der Waals surface area (Å²) < 4.78 is 0. The molecule has 0 aromatic heterocycles. The molecule has 94 valence electrons. The molecular weight excluding hydrogens is 228 g/mol. The Bertz CT molecular complexity index is 485. The van der Waals surface area contributed by atoms with E-state index in [1.54, 1.807) is 12.1 Å². The van der Waals surface area contributed by atoms with Crippen LogP contribution in [0.1, 0.15) is 37.7 Å². The number of hydrogen-bond donors (Lipinski definition) is 0. The summed E-state index contributed by atoms with van der Waals surface area (Å²) >= 11 is 0. The van der Waals surface area contributed by atoms with Gasteiger partial charge >= 0.3 is 0 Å². The molecule has 0 aliphatic heterocycles. The van der Waals surface area contributed by atoms with Gasteiger partial charge in [0.1, 0.15) is 0 Å². The summed E-state index contributed by atoms with van der Waals surface area (Å²) in [6, 6.07) is 9.24. The summed E-state index contributed by atoms with van der Waals surface area (Å²) in [5.41, 5.74) is 0.664. The molecule has 0 spiro atoms. The van der Waals surface area contributed by atoms with Crippen molar-refractivity contribution in [3.8, 4) is 6.07 Å². The average Bonchev–Trinajstić information content (AvgIpc) is 2.86. The summed E-state index contributed by atoms with van der Waals surface area (Å²) in [5, 5.41) is 20.2. The zero-order chi connectivity index (χ0) is 13.0. The van der Waals surface area contributed by atoms with Crippen LogP contribution in [0.5, 0.6) is 0 Å². The highest BCUT2D eigenvalue weighted by molar-refractivity contribution is 5.40. The van der Waals surface area contributed by atoms with Crippen LogP contribution in [0.15, 0.2) is 24.3 Å². The molecule has 4 nitrogen and oxygen atoms in total. The highest BCUT2D eigenvalue weighted by Crippen LogP contribution is 2.41. The molecular formula is C14H16N2O2. The highest BCUT2D eigenvalue weighted by atomic mass is 16.6. The van der Waals surface area contributed by atoms with E-state index in [4.69, 9.17) is 0 Å². The molecule has 1 saturated carbocycles. The molecule has 0 bridgehead atoms. The summed E-state index contributed by atoms with van der Waals surface area (Å²) in [6.45, 7) is 0. The fraction of sp³-hybridized carbons (Fsp3) is 0.500. The van der Waals surface area contributed by atoms with E-state index >= 15 is 0 Å². The van der Waals surface area contributed by atoms with E-state index < -0.39 is 0 Å². The van der Waals surface area contributed by atoms with Crippen molar-refractivity contribution in [2.75, 3.05) is 0 Å². The maximum absolute atomic E-state index is 10.9. The number of benzene rings is 1. The molecule has 18 heavy (non-hydrogen) atoms. The first-order chi connectivity index (χ1) is 8.67. The van der Waals surface area contributed by atoms with Gasteiger partial charge in [-0.25, -0.2) is 0 Å². The predicted octanol–water partition coefficient (Wildman–Crippen LogP) is 3.61. The lowest BCUT2D eigenvalue weighted by molar-refractivity contribution is -0.385. The Morgan fingerprint density at radius 3 is 2.61 bits per heavy atom. The second kappa shape index (κ2) is 5.18. The highest BCUT2D eigenvalue weighted by Gasteiger charge is 2.33. The van der Waals surface area contributed by atoms with Crippen molar-refractivity contribution in [2.24, 2.45) is 5.41 Å². The zero-order valence-electron chi connectivity index (χ0n) is 10.3. The summed E-state index contributed by atoms with van der Waals surface area (Å²) in [5.74, 6) is 0. The van der Waals surface area contributed by atoms with Crippen LogP contribution in [0, 0.1) is 26.9 Å². The molecule has 0 unspecified atom stereocenters. The van der Waals surface area contributed by atoms with Crippen molar-refractivity contribution in [1.82, 2.24) is 0 Å². The Morgan fingerprint density at radius 1 is 1.33 bits per heavy atom. The minimum Gasteiger partial charge on any atom is -0.258 e. The normalized spacial score (nSPS) is 17.3. The van der Waals surface area contributed by atoms with Gasteiger partial charge in [0.25, 0.3) is 5.69 Å². The van der Waals surface area contributed by atoms with E-state index in [2.05, 4.69) is 6.07 Å². The van der Waals surface area contributed by atoms with Gasteiger partial charge in [0.05, 0.1) is 16.4 Å². The molecule has 4 heteroatoms. The first kappa shape index (κ1) is 12.6. The van der Waals surface area contributed by atoms with E-state index in [9.17, 15) is 15.4 Å². The monoisotopic (exact) mass is 244 g/mol. The molecule has 1 aliphatic carbocycles. The molecule has 0 N–H and O–H groups in total. The standard InChI is InChI=1S/C14H16N2O2/c15-11-14(8-3-4-9-14)10-7-12-5-1-2-6-13(12)16(17)18/h1-2,5-6H,3-4,7-10H2. The Morgan fingerprint density at radius 2 is 2.00 bits per heavy atom. The van der Waals surface area contributed by atoms with Gasteiger partial charge in [-0.3, -0.25) is 10.1 Å². The van der Waals surface area contributed by atoms with E-state index in [1.807, 2.05) is 6.07 Å². The topological polar surface area (TPSA) is 66.9 Å². The third-order valence-electron chi connectivity index (χ3n) is 3.86. The number of rotatable bonds is 4. The molecule has 0 heterocycles. The third-order valence-corrected chi connectivity index (χ3v) is 3.86. The van der Waals surface area contributed by atoms with E-state index in [-0.39, 0.29) is 16.0 Å². The van der Waals surface area contributed by atoms with Crippen LogP contribution in [0.3, 0.4) is 0 Å². The van der Waals surface area contributed by atoms with Crippen molar-refractivity contribution >= 4 is 5.69 Å². The number of nitro groups is 1. The lowest BCUT2D eigenvalue weighted by Crippen LogP contribution is -2.14. The Balaban J connectivity index is 2.11. The summed E-state index contributed by atoms with van der Waals surface area (Å²) in [7, 11) is 0. The maximum Gasteiger partial charge on any atom is 0.272 e. The van der Waals surface area contributed by atoms with Gasteiger partial charge in [-0.1, -0.05) is 31.0 Å². The fourth-order valence-electron chi connectivity index (χ4n) is 2.74. The Hall–Kier alpha value is -1.89. The van der Waals surface area contributed by atoms with Crippen molar-refractivity contribution in [3.05, 3.63) is 39.9 Å². The molecule has 1 aromatic rings. The van der Waals surface area contributed by atoms with Crippen molar-refractivity contribution in [3.63, 3.8) is 0 Å². The first-order valence-corrected chi connectivity index (χ1v) is 6.30. The van der Waals surface area contributed by atoms with Gasteiger partial charge in [-0.05, 0) is 25.7 Å². The van der Waals surface area contributed by atoms with Crippen molar-refractivity contribution in [1.29, 1.82) is 5.26 Å². The van der Waals surface area contributed by atoms with Gasteiger partial charge in [0, 0.05) is 11.6 Å². The largest absolute Gasteiger partial charge is 0.272 e. The number of nitro benzene ring substituents is 1. The molecule has 1 aromatic carbocycles. The second-order valence-electron chi connectivity index (χ2n) is 4.99.